The molecule has 0 radical (unpaired) electrons. The zero-order valence-electron chi connectivity index (χ0n) is 10.9. The second-order valence-corrected chi connectivity index (χ2v) is 4.67. The fraction of sp³-hybridized carbons (Fsp3) is 0.118. The summed E-state index contributed by atoms with van der Waals surface area (Å²) < 4.78 is 0. The van der Waals surface area contributed by atoms with Crippen molar-refractivity contribution in [2.45, 2.75) is 6.54 Å². The molecule has 0 atom stereocenters. The van der Waals surface area contributed by atoms with Gasteiger partial charge in [-0.25, -0.2) is 0 Å². The molecule has 2 nitrogen and oxygen atoms in total. The van der Waals surface area contributed by atoms with Crippen LogP contribution in [0, 0.1) is 0 Å². The number of hydrogen-bond donors (Lipinski definition) is 1. The van der Waals surface area contributed by atoms with Crippen LogP contribution in [0.2, 0.25) is 0 Å². The Morgan fingerprint density at radius 2 is 1.74 bits per heavy atom. The van der Waals surface area contributed by atoms with Gasteiger partial charge < -0.3 is 5.32 Å². The van der Waals surface area contributed by atoms with E-state index in [9.17, 15) is 0 Å². The van der Waals surface area contributed by atoms with E-state index >= 15 is 0 Å². The lowest BCUT2D eigenvalue weighted by Gasteiger charge is -2.06. The number of pyridine rings is 1. The molecular formula is C17H16N2. The average Bonchev–Trinajstić information content (AvgIpc) is 2.47. The largest absolute Gasteiger partial charge is 0.316 e. The predicted octanol–water partition coefficient (Wildman–Crippen LogP) is 3.62. The maximum absolute atomic E-state index is 4.32. The maximum Gasteiger partial charge on any atom is 0.0346 e. The Labute approximate surface area is 113 Å². The Morgan fingerprint density at radius 3 is 2.58 bits per heavy atom. The summed E-state index contributed by atoms with van der Waals surface area (Å²) in [6.07, 6.45) is 3.82. The van der Waals surface area contributed by atoms with Crippen molar-refractivity contribution < 1.29 is 0 Å². The van der Waals surface area contributed by atoms with Gasteiger partial charge in [-0.15, -0.1) is 0 Å². The monoisotopic (exact) mass is 248 g/mol. The normalized spacial score (nSPS) is 10.8. The van der Waals surface area contributed by atoms with Crippen LogP contribution in [-0.4, -0.2) is 12.0 Å². The Morgan fingerprint density at radius 1 is 0.895 bits per heavy atom. The third-order valence-electron chi connectivity index (χ3n) is 3.26. The Balaban J connectivity index is 2.05. The topological polar surface area (TPSA) is 24.9 Å². The smallest absolute Gasteiger partial charge is 0.0346 e. The lowest BCUT2D eigenvalue weighted by atomic mass is 10.0. The van der Waals surface area contributed by atoms with Crippen LogP contribution in [0.3, 0.4) is 0 Å². The molecule has 2 aromatic carbocycles. The van der Waals surface area contributed by atoms with E-state index in [-0.39, 0.29) is 0 Å². The van der Waals surface area contributed by atoms with Crippen LogP contribution >= 0.6 is 0 Å². The van der Waals surface area contributed by atoms with Gasteiger partial charge in [0.2, 0.25) is 0 Å². The molecule has 0 unspecified atom stereocenters. The average molecular weight is 248 g/mol. The van der Waals surface area contributed by atoms with Gasteiger partial charge in [0.15, 0.2) is 0 Å². The van der Waals surface area contributed by atoms with Crippen molar-refractivity contribution in [3.8, 4) is 11.1 Å². The van der Waals surface area contributed by atoms with E-state index in [1.165, 1.54) is 27.5 Å². The predicted molar refractivity (Wildman–Crippen MR) is 79.9 cm³/mol. The summed E-state index contributed by atoms with van der Waals surface area (Å²) in [6, 6.07) is 17.1. The summed E-state index contributed by atoms with van der Waals surface area (Å²) >= 11 is 0. The van der Waals surface area contributed by atoms with Gasteiger partial charge in [-0.2, -0.15) is 0 Å². The fourth-order valence-electron chi connectivity index (χ4n) is 2.32. The molecule has 0 saturated heterocycles. The first-order valence-electron chi connectivity index (χ1n) is 6.44. The standard InChI is InChI=1S/C17H16N2/c1-18-10-13-8-17(12-19-11-13)16-7-6-14-4-2-3-5-15(14)9-16/h2-9,11-12,18H,10H2,1H3. The molecule has 0 saturated carbocycles. The molecule has 0 aliphatic rings. The first kappa shape index (κ1) is 11.9. The number of benzene rings is 2. The highest BCUT2D eigenvalue weighted by Crippen LogP contribution is 2.24. The van der Waals surface area contributed by atoms with E-state index in [1.54, 1.807) is 0 Å². The number of hydrogen-bond acceptors (Lipinski definition) is 2. The van der Waals surface area contributed by atoms with Gasteiger partial charge in [0.05, 0.1) is 0 Å². The number of aromatic nitrogens is 1. The third kappa shape index (κ3) is 2.49. The van der Waals surface area contributed by atoms with Crippen molar-refractivity contribution in [3.63, 3.8) is 0 Å². The second-order valence-electron chi connectivity index (χ2n) is 4.67. The van der Waals surface area contributed by atoms with Crippen molar-refractivity contribution in [2.75, 3.05) is 7.05 Å². The number of nitrogens with one attached hydrogen (secondary N) is 1. The van der Waals surface area contributed by atoms with E-state index < -0.39 is 0 Å². The Kier molecular flexibility index (Phi) is 3.25. The lowest BCUT2D eigenvalue weighted by molar-refractivity contribution is 0.813. The van der Waals surface area contributed by atoms with Gasteiger partial charge in [0.1, 0.15) is 0 Å². The number of fused-ring (bicyclic) bond motifs is 1. The van der Waals surface area contributed by atoms with Crippen LogP contribution in [0.25, 0.3) is 21.9 Å². The molecule has 2 heteroatoms. The van der Waals surface area contributed by atoms with Gasteiger partial charge in [-0.3, -0.25) is 4.98 Å². The lowest BCUT2D eigenvalue weighted by Crippen LogP contribution is -2.05. The van der Waals surface area contributed by atoms with E-state index in [4.69, 9.17) is 0 Å². The molecule has 0 aliphatic heterocycles. The van der Waals surface area contributed by atoms with Crippen LogP contribution in [0.5, 0.6) is 0 Å². The summed E-state index contributed by atoms with van der Waals surface area (Å²) in [5, 5.41) is 5.68. The summed E-state index contributed by atoms with van der Waals surface area (Å²) in [7, 11) is 1.95. The molecule has 0 amide bonds. The second kappa shape index (κ2) is 5.21. The minimum atomic E-state index is 0.842. The minimum absolute atomic E-state index is 0.842. The summed E-state index contributed by atoms with van der Waals surface area (Å²) in [6.45, 7) is 0.842. The molecular weight excluding hydrogens is 232 g/mol. The quantitative estimate of drug-likeness (QED) is 0.765. The molecule has 3 aromatic rings. The molecule has 1 N–H and O–H groups in total. The highest BCUT2D eigenvalue weighted by Gasteiger charge is 2.01. The molecule has 1 aromatic heterocycles. The van der Waals surface area contributed by atoms with E-state index in [1.807, 2.05) is 19.4 Å². The molecule has 19 heavy (non-hydrogen) atoms. The van der Waals surface area contributed by atoms with Crippen LogP contribution in [0.15, 0.2) is 60.9 Å². The highest BCUT2D eigenvalue weighted by atomic mass is 14.8. The summed E-state index contributed by atoms with van der Waals surface area (Å²) in [4.78, 5) is 4.32. The van der Waals surface area contributed by atoms with Crippen molar-refractivity contribution >= 4 is 10.8 Å². The van der Waals surface area contributed by atoms with Gasteiger partial charge in [0, 0.05) is 24.5 Å². The maximum atomic E-state index is 4.32. The zero-order valence-corrected chi connectivity index (χ0v) is 10.9. The summed E-state index contributed by atoms with van der Waals surface area (Å²) in [5.74, 6) is 0. The molecule has 1 heterocycles. The SMILES string of the molecule is CNCc1cncc(-c2ccc3ccccc3c2)c1. The van der Waals surface area contributed by atoms with Crippen LogP contribution in [0.1, 0.15) is 5.56 Å². The highest BCUT2D eigenvalue weighted by molar-refractivity contribution is 5.87. The first-order chi connectivity index (χ1) is 9.36. The van der Waals surface area contributed by atoms with E-state index in [2.05, 4.69) is 58.8 Å². The van der Waals surface area contributed by atoms with Crippen molar-refractivity contribution in [2.24, 2.45) is 0 Å². The van der Waals surface area contributed by atoms with Gasteiger partial charge in [-0.05, 0) is 41.1 Å². The molecule has 0 fully saturated rings. The molecule has 3 rings (SSSR count). The van der Waals surface area contributed by atoms with E-state index in [0.29, 0.717) is 0 Å². The van der Waals surface area contributed by atoms with Gasteiger partial charge in [-0.1, -0.05) is 36.4 Å². The zero-order chi connectivity index (χ0) is 13.1. The number of nitrogens with zero attached hydrogens (tertiary/aromatic N) is 1. The van der Waals surface area contributed by atoms with E-state index in [0.717, 1.165) is 6.54 Å². The van der Waals surface area contributed by atoms with Crippen molar-refractivity contribution in [3.05, 3.63) is 66.5 Å². The molecule has 0 aliphatic carbocycles. The van der Waals surface area contributed by atoms with Gasteiger partial charge in [0.25, 0.3) is 0 Å². The Bertz CT molecular complexity index is 704. The minimum Gasteiger partial charge on any atom is -0.316 e. The first-order valence-corrected chi connectivity index (χ1v) is 6.44. The number of rotatable bonds is 3. The molecule has 0 spiro atoms. The van der Waals surface area contributed by atoms with Crippen LogP contribution < -0.4 is 5.32 Å². The van der Waals surface area contributed by atoms with Gasteiger partial charge >= 0.3 is 0 Å². The van der Waals surface area contributed by atoms with Crippen molar-refractivity contribution in [1.29, 1.82) is 0 Å². The van der Waals surface area contributed by atoms with Crippen LogP contribution in [-0.2, 0) is 6.54 Å². The molecule has 0 bridgehead atoms. The van der Waals surface area contributed by atoms with Crippen molar-refractivity contribution in [1.82, 2.24) is 10.3 Å². The van der Waals surface area contributed by atoms with Crippen LogP contribution in [0.4, 0.5) is 0 Å². The summed E-state index contributed by atoms with van der Waals surface area (Å²) in [5.41, 5.74) is 3.58. The Hall–Kier alpha value is -2.19. The molecule has 94 valence electrons. The fourth-order valence-corrected chi connectivity index (χ4v) is 2.32. The third-order valence-corrected chi connectivity index (χ3v) is 3.26.